The summed E-state index contributed by atoms with van der Waals surface area (Å²) >= 11 is 0. The van der Waals surface area contributed by atoms with E-state index in [-0.39, 0.29) is 37.7 Å². The fourth-order valence-electron chi connectivity index (χ4n) is 11.8. The lowest BCUT2D eigenvalue weighted by atomic mass is 9.42. The summed E-state index contributed by atoms with van der Waals surface area (Å²) in [6, 6.07) is 12.2. The van der Waals surface area contributed by atoms with E-state index >= 15 is 0 Å². The van der Waals surface area contributed by atoms with Crippen LogP contribution in [-0.2, 0) is 61.9 Å². The van der Waals surface area contributed by atoms with Crippen molar-refractivity contribution in [3.05, 3.63) is 83.7 Å². The van der Waals surface area contributed by atoms with Gasteiger partial charge < -0.3 is 53.2 Å². The summed E-state index contributed by atoms with van der Waals surface area (Å²) in [7, 11) is 0. The van der Waals surface area contributed by atoms with Crippen LogP contribution in [0.3, 0.4) is 0 Å². The Labute approximate surface area is 394 Å². The van der Waals surface area contributed by atoms with Crippen LogP contribution in [0.1, 0.15) is 109 Å². The smallest absolute Gasteiger partial charge is 0.340 e. The molecular weight excluding hydrogens is 887 g/mol. The molecule has 4 fully saturated rings. The molecule has 2 aromatic rings. The summed E-state index contributed by atoms with van der Waals surface area (Å²) in [5, 5.41) is 39.5. The molecule has 0 spiro atoms. The van der Waals surface area contributed by atoms with Gasteiger partial charge in [-0.05, 0) is 81.1 Å². The molecule has 1 aliphatic heterocycles. The monoisotopic (exact) mass is 947 g/mol. The van der Waals surface area contributed by atoms with Crippen molar-refractivity contribution in [1.82, 2.24) is 4.98 Å². The van der Waals surface area contributed by atoms with E-state index in [1.807, 2.05) is 43.3 Å². The van der Waals surface area contributed by atoms with Gasteiger partial charge in [0.15, 0.2) is 24.6 Å². The second-order valence-electron chi connectivity index (χ2n) is 19.1. The summed E-state index contributed by atoms with van der Waals surface area (Å²) < 4.78 is 47.0. The van der Waals surface area contributed by atoms with Crippen molar-refractivity contribution in [3.63, 3.8) is 0 Å². The number of esters is 6. The molecule has 0 amide bonds. The van der Waals surface area contributed by atoms with Gasteiger partial charge in [0, 0.05) is 52.1 Å². The number of pyridine rings is 1. The number of hydrogen-bond acceptors (Lipinski definition) is 18. The van der Waals surface area contributed by atoms with Crippen molar-refractivity contribution in [2.45, 2.75) is 159 Å². The quantitative estimate of drug-likeness (QED) is 0.110. The highest BCUT2D eigenvalue weighted by Gasteiger charge is 2.81. The van der Waals surface area contributed by atoms with Gasteiger partial charge in [-0.3, -0.25) is 24.2 Å². The van der Waals surface area contributed by atoms with Crippen LogP contribution in [0, 0.1) is 16.7 Å². The van der Waals surface area contributed by atoms with E-state index in [1.54, 1.807) is 19.1 Å². The number of ether oxygens (including phenoxy) is 8. The molecular formula is C50H61NO17. The van der Waals surface area contributed by atoms with Gasteiger partial charge in [0.1, 0.15) is 41.7 Å². The molecule has 18 nitrogen and oxygen atoms in total. The molecule has 68 heavy (non-hydrogen) atoms. The molecule has 7 rings (SSSR count). The first-order valence-electron chi connectivity index (χ1n) is 22.9. The topological polar surface area (TPSA) is 250 Å². The molecule has 4 aliphatic carbocycles. The molecule has 3 N–H and O–H groups in total. The van der Waals surface area contributed by atoms with E-state index in [9.17, 15) is 44.1 Å². The van der Waals surface area contributed by atoms with Crippen LogP contribution in [0.5, 0.6) is 0 Å². The average molecular weight is 948 g/mol. The van der Waals surface area contributed by atoms with Crippen LogP contribution in [0.25, 0.3) is 6.08 Å². The molecule has 368 valence electrons. The number of nitrogens with zero attached hydrogens (tertiary/aromatic N) is 1. The Balaban J connectivity index is 1.21. The summed E-state index contributed by atoms with van der Waals surface area (Å²) in [6.07, 6.45) is -1.85. The second-order valence-corrected chi connectivity index (χ2v) is 19.1. The zero-order valence-electron chi connectivity index (χ0n) is 39.3. The Bertz CT molecular complexity index is 2310. The van der Waals surface area contributed by atoms with Crippen LogP contribution < -0.4 is 0 Å². The SMILES string of the molecule is CC(=O)OC[C@H]1O[C@@H](O[C@H]2CC[C@@]3(C)C(=CC[C@]4(O)[C@@H]3C[C@@H](OC(=O)/C=C/c3ccccc3)[C@@]3(C)[C@]4(O)CC[C@@]3(O)[C@H](C)OC(=O)c3cccnc3)C2)[C@H](OC(C)=O)[C@@H](OC(C)=O)[C@@H]1OC(C)=O. The largest absolute Gasteiger partial charge is 0.463 e. The van der Waals surface area contributed by atoms with Gasteiger partial charge in [-0.1, -0.05) is 55.8 Å². The molecule has 0 bridgehead atoms. The minimum Gasteiger partial charge on any atom is -0.463 e. The van der Waals surface area contributed by atoms with Crippen LogP contribution >= 0.6 is 0 Å². The summed E-state index contributed by atoms with van der Waals surface area (Å²) in [5.41, 5.74) is -6.94. The van der Waals surface area contributed by atoms with Crippen molar-refractivity contribution in [2.24, 2.45) is 16.7 Å². The molecule has 0 radical (unpaired) electrons. The molecule has 18 heteroatoms. The van der Waals surface area contributed by atoms with Crippen LogP contribution in [0.15, 0.2) is 72.6 Å². The third-order valence-electron chi connectivity index (χ3n) is 15.2. The van der Waals surface area contributed by atoms with Crippen LogP contribution in [0.2, 0.25) is 0 Å². The minimum atomic E-state index is -2.10. The maximum Gasteiger partial charge on any atom is 0.340 e. The predicted octanol–water partition coefficient (Wildman–Crippen LogP) is 4.25. The number of hydrogen-bond donors (Lipinski definition) is 3. The van der Waals surface area contributed by atoms with Crippen LogP contribution in [0.4, 0.5) is 0 Å². The highest BCUT2D eigenvalue weighted by molar-refractivity contribution is 5.89. The molecule has 1 saturated heterocycles. The number of rotatable bonds is 13. The highest BCUT2D eigenvalue weighted by atomic mass is 16.7. The van der Waals surface area contributed by atoms with Gasteiger partial charge in [-0.2, -0.15) is 0 Å². The zero-order valence-corrected chi connectivity index (χ0v) is 39.3. The molecule has 1 aromatic heterocycles. The van der Waals surface area contributed by atoms with E-state index in [4.69, 9.17) is 37.9 Å². The van der Waals surface area contributed by atoms with E-state index in [0.29, 0.717) is 12.8 Å². The molecule has 14 atom stereocenters. The number of carbonyl (C=O) groups is 6. The van der Waals surface area contributed by atoms with Gasteiger partial charge in [-0.25, -0.2) is 9.59 Å². The minimum absolute atomic E-state index is 0.00906. The van der Waals surface area contributed by atoms with Gasteiger partial charge in [-0.15, -0.1) is 0 Å². The Hall–Kier alpha value is -5.53. The first kappa shape index (κ1) is 50.3. The highest BCUT2D eigenvalue weighted by Crippen LogP contribution is 2.71. The Morgan fingerprint density at radius 1 is 0.838 bits per heavy atom. The molecule has 2 heterocycles. The molecule has 0 unspecified atom stereocenters. The normalized spacial score (nSPS) is 36.6. The van der Waals surface area contributed by atoms with Crippen molar-refractivity contribution >= 4 is 41.9 Å². The number of carbonyl (C=O) groups excluding carboxylic acids is 6. The maximum atomic E-state index is 13.9. The van der Waals surface area contributed by atoms with Crippen molar-refractivity contribution in [2.75, 3.05) is 6.61 Å². The van der Waals surface area contributed by atoms with Crippen LogP contribution in [-0.4, -0.2) is 129 Å². The van der Waals surface area contributed by atoms with E-state index in [1.165, 1.54) is 38.4 Å². The third-order valence-corrected chi connectivity index (χ3v) is 15.2. The van der Waals surface area contributed by atoms with Gasteiger partial charge in [0.25, 0.3) is 0 Å². The van der Waals surface area contributed by atoms with Gasteiger partial charge >= 0.3 is 35.8 Å². The third kappa shape index (κ3) is 9.20. The second kappa shape index (κ2) is 19.5. The summed E-state index contributed by atoms with van der Waals surface area (Å²) in [4.78, 5) is 80.4. The molecule has 5 aliphatic rings. The molecule has 3 saturated carbocycles. The summed E-state index contributed by atoms with van der Waals surface area (Å²) in [5.74, 6) is -5.26. The number of aromatic nitrogens is 1. The van der Waals surface area contributed by atoms with E-state index < -0.39 is 125 Å². The van der Waals surface area contributed by atoms with Gasteiger partial charge in [0.05, 0.1) is 17.1 Å². The van der Waals surface area contributed by atoms with Gasteiger partial charge in [0.2, 0.25) is 0 Å². The Morgan fingerprint density at radius 2 is 1.51 bits per heavy atom. The maximum absolute atomic E-state index is 13.9. The fourth-order valence-corrected chi connectivity index (χ4v) is 11.8. The first-order chi connectivity index (χ1) is 32.1. The number of aliphatic hydroxyl groups is 3. The first-order valence-corrected chi connectivity index (χ1v) is 22.9. The van der Waals surface area contributed by atoms with Crippen molar-refractivity contribution in [3.8, 4) is 0 Å². The predicted molar refractivity (Wildman–Crippen MR) is 236 cm³/mol. The lowest BCUT2D eigenvalue weighted by Gasteiger charge is -2.67. The van der Waals surface area contributed by atoms with E-state index in [2.05, 4.69) is 4.98 Å². The Kier molecular flexibility index (Phi) is 14.4. The lowest BCUT2D eigenvalue weighted by molar-refractivity contribution is -0.329. The standard InChI is InChI=1S/C50H61NO17/c1-28(62-44(57)34-14-11-23-51-26-34)48(58)21-22-50(60)47(48,7)39(68-40(56)16-15-33-12-9-8-10-13-33)25-38-46(6)19-18-36(24-35(46)17-20-49(38,50)59)66-45-43(65-32(5)55)42(64-31(4)54)41(63-30(3)53)37(67-45)27-61-29(2)52/h8-17,23,26,28,36-39,41-43,45,58-60H,18-22,24-25,27H2,1-7H3/b16-15+/t28-,36-,37+,38+,39+,41+,42-,43+,45+,46-,47+,48+,49-,50+/m0/s1. The lowest BCUT2D eigenvalue weighted by Crippen LogP contribution is -2.78. The average Bonchev–Trinajstić information content (AvgIpc) is 3.52. The van der Waals surface area contributed by atoms with E-state index in [0.717, 1.165) is 31.9 Å². The fraction of sp³-hybridized carbons (Fsp3) is 0.580. The van der Waals surface area contributed by atoms with Crippen molar-refractivity contribution < 1.29 is 82.0 Å². The zero-order chi connectivity index (χ0) is 49.4. The Morgan fingerprint density at radius 3 is 2.16 bits per heavy atom. The number of benzene rings is 1. The summed E-state index contributed by atoms with van der Waals surface area (Å²) in [6.45, 7) is 9.22. The molecule has 1 aromatic carbocycles. The number of fused-ring (bicyclic) bond motifs is 5. The van der Waals surface area contributed by atoms with Crippen molar-refractivity contribution in [1.29, 1.82) is 0 Å².